The third kappa shape index (κ3) is 3.19. The van der Waals surface area contributed by atoms with Crippen molar-refractivity contribution in [2.45, 2.75) is 37.5 Å². The van der Waals surface area contributed by atoms with Crippen LogP contribution in [-0.4, -0.2) is 66.4 Å². The van der Waals surface area contributed by atoms with Crippen LogP contribution in [0, 0.1) is 0 Å². The topological polar surface area (TPSA) is 105 Å². The number of carboxylic acid groups (broad SMARTS) is 1. The second-order valence-corrected chi connectivity index (χ2v) is 4.93. The number of hydrogen-bond acceptors (Lipinski definition) is 5. The van der Waals surface area contributed by atoms with E-state index in [0.29, 0.717) is 32.4 Å². The Bertz CT molecular complexity index is 413. The van der Waals surface area contributed by atoms with Crippen LogP contribution in [-0.2, 0) is 19.1 Å². The summed E-state index contributed by atoms with van der Waals surface area (Å²) in [6.07, 6.45) is -0.684. The highest BCUT2D eigenvalue weighted by Crippen LogP contribution is 2.23. The lowest BCUT2D eigenvalue weighted by Gasteiger charge is -2.20. The molecule has 0 radical (unpaired) electrons. The van der Waals surface area contributed by atoms with E-state index in [0.717, 1.165) is 0 Å². The summed E-state index contributed by atoms with van der Waals surface area (Å²) in [5.41, 5.74) is 0. The lowest BCUT2D eigenvalue weighted by atomic mass is 10.2. The van der Waals surface area contributed by atoms with Crippen LogP contribution < -0.4 is 5.32 Å². The molecule has 0 aromatic rings. The maximum absolute atomic E-state index is 12.2. The molecular formula is C12H18N2O6. The molecule has 2 N–H and O–H groups in total. The minimum Gasteiger partial charge on any atom is -0.479 e. The Balaban J connectivity index is 1.83. The summed E-state index contributed by atoms with van der Waals surface area (Å²) < 4.78 is 9.74. The summed E-state index contributed by atoms with van der Waals surface area (Å²) in [5.74, 6) is -1.24. The Morgan fingerprint density at radius 1 is 1.25 bits per heavy atom. The largest absolute Gasteiger partial charge is 0.479 e. The van der Waals surface area contributed by atoms with Gasteiger partial charge in [0.15, 0.2) is 6.10 Å². The number of hydrogen-bond donors (Lipinski definition) is 2. The third-order valence-corrected chi connectivity index (χ3v) is 3.58. The molecule has 2 rings (SSSR count). The van der Waals surface area contributed by atoms with Gasteiger partial charge in [-0.1, -0.05) is 0 Å². The quantitative estimate of drug-likeness (QED) is 0.729. The average molecular weight is 286 g/mol. The molecule has 0 aromatic heterocycles. The SMILES string of the molecule is COC(=O)NC1CCN(C(=O)C2CCC(C(=O)O)O2)C1. The first-order valence-electron chi connectivity index (χ1n) is 6.52. The number of methoxy groups -OCH3 is 1. The Labute approximate surface area is 116 Å². The van der Waals surface area contributed by atoms with Crippen LogP contribution in [0.15, 0.2) is 0 Å². The van der Waals surface area contributed by atoms with Gasteiger partial charge in [-0.15, -0.1) is 0 Å². The fourth-order valence-electron chi connectivity index (χ4n) is 2.51. The van der Waals surface area contributed by atoms with E-state index in [1.54, 1.807) is 4.90 Å². The van der Waals surface area contributed by atoms with Crippen LogP contribution in [0.25, 0.3) is 0 Å². The van der Waals surface area contributed by atoms with Crippen molar-refractivity contribution < 1.29 is 29.0 Å². The molecule has 2 aliphatic rings. The number of carbonyl (C=O) groups is 3. The van der Waals surface area contributed by atoms with Crippen molar-refractivity contribution in [2.24, 2.45) is 0 Å². The molecule has 2 saturated heterocycles. The number of likely N-dealkylation sites (tertiary alicyclic amines) is 1. The van der Waals surface area contributed by atoms with Gasteiger partial charge < -0.3 is 24.8 Å². The van der Waals surface area contributed by atoms with Crippen molar-refractivity contribution in [3.8, 4) is 0 Å². The Kier molecular flexibility index (Phi) is 4.43. The van der Waals surface area contributed by atoms with Crippen molar-refractivity contribution in [1.29, 1.82) is 0 Å². The zero-order chi connectivity index (χ0) is 14.7. The van der Waals surface area contributed by atoms with E-state index in [-0.39, 0.29) is 11.9 Å². The molecule has 8 heteroatoms. The number of amides is 2. The predicted octanol–water partition coefficient (Wildman–Crippen LogP) is -0.424. The summed E-state index contributed by atoms with van der Waals surface area (Å²) >= 11 is 0. The smallest absolute Gasteiger partial charge is 0.407 e. The van der Waals surface area contributed by atoms with Gasteiger partial charge in [-0.2, -0.15) is 0 Å². The molecule has 2 heterocycles. The number of alkyl carbamates (subject to hydrolysis) is 1. The molecule has 0 aliphatic carbocycles. The molecule has 0 aromatic carbocycles. The molecular weight excluding hydrogens is 268 g/mol. The van der Waals surface area contributed by atoms with E-state index in [9.17, 15) is 14.4 Å². The van der Waals surface area contributed by atoms with Crippen LogP contribution in [0.3, 0.4) is 0 Å². The molecule has 2 aliphatic heterocycles. The van der Waals surface area contributed by atoms with Crippen LogP contribution in [0.2, 0.25) is 0 Å². The van der Waals surface area contributed by atoms with Gasteiger partial charge in [-0.25, -0.2) is 9.59 Å². The van der Waals surface area contributed by atoms with E-state index in [4.69, 9.17) is 9.84 Å². The Hall–Kier alpha value is -1.83. The van der Waals surface area contributed by atoms with Crippen molar-refractivity contribution in [3.63, 3.8) is 0 Å². The molecule has 2 fully saturated rings. The number of rotatable bonds is 3. The standard InChI is InChI=1S/C12H18N2O6/c1-19-12(18)13-7-4-5-14(6-7)10(15)8-2-3-9(20-8)11(16)17/h7-9H,2-6H2,1H3,(H,13,18)(H,16,17). The summed E-state index contributed by atoms with van der Waals surface area (Å²) in [5, 5.41) is 11.5. The van der Waals surface area contributed by atoms with Gasteiger partial charge in [-0.05, 0) is 19.3 Å². The molecule has 3 unspecified atom stereocenters. The average Bonchev–Trinajstić information content (AvgIpc) is 3.06. The van der Waals surface area contributed by atoms with Gasteiger partial charge in [0.2, 0.25) is 0 Å². The zero-order valence-corrected chi connectivity index (χ0v) is 11.2. The van der Waals surface area contributed by atoms with Gasteiger partial charge in [0, 0.05) is 13.1 Å². The monoisotopic (exact) mass is 286 g/mol. The third-order valence-electron chi connectivity index (χ3n) is 3.58. The minimum absolute atomic E-state index is 0.136. The Morgan fingerprint density at radius 3 is 2.55 bits per heavy atom. The van der Waals surface area contributed by atoms with E-state index < -0.39 is 24.3 Å². The summed E-state index contributed by atoms with van der Waals surface area (Å²) in [4.78, 5) is 35.7. The lowest BCUT2D eigenvalue weighted by Crippen LogP contribution is -2.42. The molecule has 2 amide bonds. The molecule has 8 nitrogen and oxygen atoms in total. The van der Waals surface area contributed by atoms with Gasteiger partial charge >= 0.3 is 12.1 Å². The maximum Gasteiger partial charge on any atom is 0.407 e. The second-order valence-electron chi connectivity index (χ2n) is 4.93. The highest BCUT2D eigenvalue weighted by atomic mass is 16.5. The van der Waals surface area contributed by atoms with Crippen LogP contribution in [0.4, 0.5) is 4.79 Å². The molecule has 0 bridgehead atoms. The van der Waals surface area contributed by atoms with Crippen LogP contribution in [0.5, 0.6) is 0 Å². The minimum atomic E-state index is -1.04. The second kappa shape index (κ2) is 6.08. The molecule has 20 heavy (non-hydrogen) atoms. The number of ether oxygens (including phenoxy) is 2. The van der Waals surface area contributed by atoms with Crippen molar-refractivity contribution in [1.82, 2.24) is 10.2 Å². The summed E-state index contributed by atoms with van der Waals surface area (Å²) in [6, 6.07) is -0.136. The molecule has 0 spiro atoms. The molecule has 0 saturated carbocycles. The number of aliphatic carboxylic acids is 1. The van der Waals surface area contributed by atoms with E-state index in [2.05, 4.69) is 10.1 Å². The van der Waals surface area contributed by atoms with Crippen molar-refractivity contribution in [2.75, 3.05) is 20.2 Å². The highest BCUT2D eigenvalue weighted by Gasteiger charge is 2.38. The predicted molar refractivity (Wildman–Crippen MR) is 66.1 cm³/mol. The van der Waals surface area contributed by atoms with Crippen molar-refractivity contribution >= 4 is 18.0 Å². The number of nitrogens with zero attached hydrogens (tertiary/aromatic N) is 1. The van der Waals surface area contributed by atoms with Gasteiger partial charge in [0.1, 0.15) is 6.10 Å². The first-order chi connectivity index (χ1) is 9.51. The maximum atomic E-state index is 12.2. The summed E-state index contributed by atoms with van der Waals surface area (Å²) in [7, 11) is 1.28. The fraction of sp³-hybridized carbons (Fsp3) is 0.750. The van der Waals surface area contributed by atoms with E-state index >= 15 is 0 Å². The molecule has 112 valence electrons. The fourth-order valence-corrected chi connectivity index (χ4v) is 2.51. The zero-order valence-electron chi connectivity index (χ0n) is 11.2. The Morgan fingerprint density at radius 2 is 1.95 bits per heavy atom. The number of nitrogens with one attached hydrogen (secondary N) is 1. The lowest BCUT2D eigenvalue weighted by molar-refractivity contribution is -0.154. The van der Waals surface area contributed by atoms with E-state index in [1.165, 1.54) is 7.11 Å². The van der Waals surface area contributed by atoms with Gasteiger partial charge in [-0.3, -0.25) is 4.79 Å². The first kappa shape index (κ1) is 14.6. The number of carbonyl (C=O) groups excluding carboxylic acids is 2. The van der Waals surface area contributed by atoms with Gasteiger partial charge in [0.05, 0.1) is 13.2 Å². The van der Waals surface area contributed by atoms with Crippen molar-refractivity contribution in [3.05, 3.63) is 0 Å². The van der Waals surface area contributed by atoms with Crippen LogP contribution in [0.1, 0.15) is 19.3 Å². The highest BCUT2D eigenvalue weighted by molar-refractivity contribution is 5.83. The normalized spacial score (nSPS) is 29.2. The summed E-state index contributed by atoms with van der Waals surface area (Å²) in [6.45, 7) is 0.913. The van der Waals surface area contributed by atoms with Crippen LogP contribution >= 0.6 is 0 Å². The number of carboxylic acids is 1. The first-order valence-corrected chi connectivity index (χ1v) is 6.52. The van der Waals surface area contributed by atoms with Gasteiger partial charge in [0.25, 0.3) is 5.91 Å². The molecule has 3 atom stereocenters. The van der Waals surface area contributed by atoms with E-state index in [1.807, 2.05) is 0 Å².